The molecule has 0 aliphatic heterocycles. The van der Waals surface area contributed by atoms with Crippen LogP contribution < -0.4 is 10.9 Å². The summed E-state index contributed by atoms with van der Waals surface area (Å²) in [6.07, 6.45) is 6.77. The minimum Gasteiger partial charge on any atom is -0.335 e. The first kappa shape index (κ1) is 13.5. The summed E-state index contributed by atoms with van der Waals surface area (Å²) in [5.41, 5.74) is 1.07. The zero-order valence-electron chi connectivity index (χ0n) is 11.2. The Morgan fingerprint density at radius 2 is 2.21 bits per heavy atom. The van der Waals surface area contributed by atoms with Gasteiger partial charge in [0.2, 0.25) is 0 Å². The lowest BCUT2D eigenvalue weighted by atomic mass is 10.4. The van der Waals surface area contributed by atoms with Gasteiger partial charge in [-0.3, -0.25) is 4.79 Å². The topological polar surface area (TPSA) is 51.9 Å². The number of hydrogen-bond acceptors (Lipinski definition) is 3. The van der Waals surface area contributed by atoms with Crippen molar-refractivity contribution < 1.29 is 0 Å². The Morgan fingerprint density at radius 3 is 3.00 bits per heavy atom. The fourth-order valence-corrected chi connectivity index (χ4v) is 1.88. The summed E-state index contributed by atoms with van der Waals surface area (Å²) in [7, 11) is 0. The summed E-state index contributed by atoms with van der Waals surface area (Å²) in [6, 6.07) is 5.21. The van der Waals surface area contributed by atoms with Crippen molar-refractivity contribution in [2.45, 2.75) is 33.0 Å². The molecule has 0 bridgehead atoms. The van der Waals surface area contributed by atoms with Gasteiger partial charge >= 0.3 is 0 Å². The second-order valence-corrected chi connectivity index (χ2v) is 4.51. The van der Waals surface area contributed by atoms with Gasteiger partial charge in [-0.15, -0.1) is 0 Å². The monoisotopic (exact) mass is 260 g/mol. The number of aromatic nitrogens is 3. The third-order valence-electron chi connectivity index (χ3n) is 2.92. The van der Waals surface area contributed by atoms with Gasteiger partial charge in [0.1, 0.15) is 0 Å². The Bertz CT molecular complexity index is 558. The number of pyridine rings is 1. The van der Waals surface area contributed by atoms with Gasteiger partial charge < -0.3 is 14.5 Å². The van der Waals surface area contributed by atoms with Crippen LogP contribution in [0.15, 0.2) is 41.7 Å². The second-order valence-electron chi connectivity index (χ2n) is 4.51. The highest BCUT2D eigenvalue weighted by atomic mass is 16.1. The van der Waals surface area contributed by atoms with Crippen LogP contribution in [0.3, 0.4) is 0 Å². The predicted molar refractivity (Wildman–Crippen MR) is 74.9 cm³/mol. The van der Waals surface area contributed by atoms with Crippen LogP contribution in [0.4, 0.5) is 0 Å². The fourth-order valence-electron chi connectivity index (χ4n) is 1.88. The van der Waals surface area contributed by atoms with Crippen molar-refractivity contribution >= 4 is 0 Å². The van der Waals surface area contributed by atoms with Crippen molar-refractivity contribution in [1.29, 1.82) is 0 Å². The van der Waals surface area contributed by atoms with Gasteiger partial charge in [-0.05, 0) is 19.0 Å². The van der Waals surface area contributed by atoms with Crippen LogP contribution in [0.25, 0.3) is 0 Å². The average Bonchev–Trinajstić information content (AvgIpc) is 2.86. The predicted octanol–water partition coefficient (Wildman–Crippen LogP) is 1.24. The molecule has 0 amide bonds. The van der Waals surface area contributed by atoms with Crippen LogP contribution in [-0.2, 0) is 19.6 Å². The summed E-state index contributed by atoms with van der Waals surface area (Å²) in [5, 5.41) is 3.32. The molecule has 0 aromatic carbocycles. The first-order chi connectivity index (χ1) is 9.29. The van der Waals surface area contributed by atoms with E-state index in [-0.39, 0.29) is 5.56 Å². The minimum absolute atomic E-state index is 0.0347. The summed E-state index contributed by atoms with van der Waals surface area (Å²) in [4.78, 5) is 15.9. The maximum atomic E-state index is 11.5. The van der Waals surface area contributed by atoms with E-state index in [9.17, 15) is 4.79 Å². The molecule has 0 fully saturated rings. The molecule has 19 heavy (non-hydrogen) atoms. The first-order valence-electron chi connectivity index (χ1n) is 6.66. The van der Waals surface area contributed by atoms with Crippen LogP contribution in [0.1, 0.15) is 19.0 Å². The Kier molecular flexibility index (Phi) is 4.92. The van der Waals surface area contributed by atoms with Crippen molar-refractivity contribution in [2.24, 2.45) is 0 Å². The lowest BCUT2D eigenvalue weighted by Crippen LogP contribution is -2.20. The normalized spacial score (nSPS) is 10.8. The zero-order valence-corrected chi connectivity index (χ0v) is 11.2. The molecular weight excluding hydrogens is 240 g/mol. The molecule has 0 aliphatic carbocycles. The Morgan fingerprint density at radius 1 is 1.32 bits per heavy atom. The van der Waals surface area contributed by atoms with Gasteiger partial charge in [-0.2, -0.15) is 0 Å². The number of imidazole rings is 1. The molecule has 0 radical (unpaired) electrons. The number of nitrogens with zero attached hydrogens (tertiary/aromatic N) is 3. The molecule has 0 spiro atoms. The van der Waals surface area contributed by atoms with Crippen LogP contribution in [0, 0.1) is 0 Å². The summed E-state index contributed by atoms with van der Waals surface area (Å²) >= 11 is 0. The van der Waals surface area contributed by atoms with Gasteiger partial charge in [0.25, 0.3) is 5.56 Å². The van der Waals surface area contributed by atoms with E-state index in [1.807, 2.05) is 29.4 Å². The Labute approximate surface area is 112 Å². The molecule has 0 atom stereocenters. The number of aryl methyl sites for hydroxylation is 2. The third kappa shape index (κ3) is 4.06. The molecule has 2 rings (SSSR count). The highest BCUT2D eigenvalue weighted by Gasteiger charge is 1.99. The van der Waals surface area contributed by atoms with Gasteiger partial charge in [0.05, 0.1) is 12.0 Å². The van der Waals surface area contributed by atoms with E-state index in [0.717, 1.165) is 31.7 Å². The summed E-state index contributed by atoms with van der Waals surface area (Å²) < 4.78 is 3.72. The molecule has 1 N–H and O–H groups in total. The highest BCUT2D eigenvalue weighted by Crippen LogP contribution is 1.97. The Balaban J connectivity index is 1.87. The van der Waals surface area contributed by atoms with Crippen LogP contribution >= 0.6 is 0 Å². The molecule has 2 aromatic rings. The van der Waals surface area contributed by atoms with E-state index in [4.69, 9.17) is 0 Å². The summed E-state index contributed by atoms with van der Waals surface area (Å²) in [5.74, 6) is 0. The molecule has 0 aliphatic rings. The largest absolute Gasteiger partial charge is 0.335 e. The van der Waals surface area contributed by atoms with Gasteiger partial charge in [-0.25, -0.2) is 4.98 Å². The van der Waals surface area contributed by atoms with Crippen molar-refractivity contribution in [3.8, 4) is 0 Å². The van der Waals surface area contributed by atoms with E-state index in [1.165, 1.54) is 0 Å². The number of hydrogen-bond donors (Lipinski definition) is 1. The van der Waals surface area contributed by atoms with Gasteiger partial charge in [0.15, 0.2) is 0 Å². The van der Waals surface area contributed by atoms with E-state index in [1.54, 1.807) is 16.7 Å². The van der Waals surface area contributed by atoms with Crippen LogP contribution in [0.2, 0.25) is 0 Å². The lowest BCUT2D eigenvalue weighted by molar-refractivity contribution is 0.564. The molecule has 102 valence electrons. The molecule has 5 heteroatoms. The smallest absolute Gasteiger partial charge is 0.250 e. The van der Waals surface area contributed by atoms with Crippen molar-refractivity contribution in [3.63, 3.8) is 0 Å². The average molecular weight is 260 g/mol. The SMILES string of the molecule is CCCNCc1cn(CCn2ccccc2=O)cn1. The standard InChI is InChI=1S/C14H20N4O/c1-2-6-15-10-13-11-17(12-16-13)8-9-18-7-4-3-5-14(18)19/h3-5,7,11-12,15H,2,6,8-10H2,1H3. The molecule has 2 aromatic heterocycles. The Hall–Kier alpha value is -1.88. The molecule has 0 saturated heterocycles. The number of rotatable bonds is 7. The maximum absolute atomic E-state index is 11.5. The molecule has 2 heterocycles. The van der Waals surface area contributed by atoms with E-state index in [2.05, 4.69) is 17.2 Å². The summed E-state index contributed by atoms with van der Waals surface area (Å²) in [6.45, 7) is 5.37. The zero-order chi connectivity index (χ0) is 13.5. The quantitative estimate of drug-likeness (QED) is 0.762. The molecular formula is C14H20N4O. The van der Waals surface area contributed by atoms with Crippen molar-refractivity contribution in [2.75, 3.05) is 6.54 Å². The molecule has 0 saturated carbocycles. The van der Waals surface area contributed by atoms with Crippen molar-refractivity contribution in [3.05, 3.63) is 53.0 Å². The number of nitrogens with one attached hydrogen (secondary N) is 1. The molecule has 0 unspecified atom stereocenters. The third-order valence-corrected chi connectivity index (χ3v) is 2.92. The maximum Gasteiger partial charge on any atom is 0.250 e. The van der Waals surface area contributed by atoms with Gasteiger partial charge in [0, 0.05) is 38.1 Å². The van der Waals surface area contributed by atoms with Crippen LogP contribution in [0.5, 0.6) is 0 Å². The first-order valence-corrected chi connectivity index (χ1v) is 6.66. The fraction of sp³-hybridized carbons (Fsp3) is 0.429. The molecule has 5 nitrogen and oxygen atoms in total. The second kappa shape index (κ2) is 6.89. The van der Waals surface area contributed by atoms with Crippen molar-refractivity contribution in [1.82, 2.24) is 19.4 Å². The highest BCUT2D eigenvalue weighted by molar-refractivity contribution is 4.96. The van der Waals surface area contributed by atoms with Crippen LogP contribution in [-0.4, -0.2) is 20.7 Å². The van der Waals surface area contributed by atoms with Gasteiger partial charge in [-0.1, -0.05) is 13.0 Å². The minimum atomic E-state index is 0.0347. The van der Waals surface area contributed by atoms with E-state index >= 15 is 0 Å². The lowest BCUT2D eigenvalue weighted by Gasteiger charge is -2.05. The van der Waals surface area contributed by atoms with E-state index in [0.29, 0.717) is 6.54 Å². The van der Waals surface area contributed by atoms with E-state index < -0.39 is 0 Å².